The molecule has 0 atom stereocenters. The van der Waals surface area contributed by atoms with Gasteiger partial charge in [-0.3, -0.25) is 0 Å². The minimum Gasteiger partial charge on any atom is -0.341 e. The van der Waals surface area contributed by atoms with Crippen molar-refractivity contribution in [1.29, 1.82) is 0 Å². The van der Waals surface area contributed by atoms with Gasteiger partial charge >= 0.3 is 0 Å². The van der Waals surface area contributed by atoms with E-state index in [2.05, 4.69) is 57.5 Å². The van der Waals surface area contributed by atoms with Gasteiger partial charge in [0.2, 0.25) is 11.9 Å². The molecule has 0 aromatic rings. The van der Waals surface area contributed by atoms with Gasteiger partial charge in [-0.15, -0.1) is 0 Å². The summed E-state index contributed by atoms with van der Waals surface area (Å²) in [7, 11) is 0. The summed E-state index contributed by atoms with van der Waals surface area (Å²) in [6, 6.07) is 0. The fourth-order valence-corrected chi connectivity index (χ4v) is 1.97. The first-order valence-electron chi connectivity index (χ1n) is 7.33. The van der Waals surface area contributed by atoms with E-state index in [0.29, 0.717) is 23.6 Å². The van der Waals surface area contributed by atoms with E-state index >= 15 is 0 Å². The van der Waals surface area contributed by atoms with Crippen LogP contribution in [0.1, 0.15) is 41.5 Å². The molecule has 1 rings (SSSR count). The molecule has 0 spiro atoms. The molecule has 0 N–H and O–H groups in total. The Morgan fingerprint density at radius 2 is 0.900 bits per heavy atom. The van der Waals surface area contributed by atoms with Crippen LogP contribution < -0.4 is 0 Å². The summed E-state index contributed by atoms with van der Waals surface area (Å²) in [5.41, 5.74) is 0. The predicted molar refractivity (Wildman–Crippen MR) is 86.9 cm³/mol. The van der Waals surface area contributed by atoms with Crippen LogP contribution in [0.2, 0.25) is 0 Å². The molecule has 1 aliphatic heterocycles. The number of hydrogen-bond acceptors (Lipinski definition) is 6. The molecule has 1 heterocycles. The van der Waals surface area contributed by atoms with Crippen LogP contribution in [0.4, 0.5) is 0 Å². The average molecular weight is 278 g/mol. The van der Waals surface area contributed by atoms with Crippen molar-refractivity contribution in [2.45, 2.75) is 41.5 Å². The lowest BCUT2D eigenvalue weighted by molar-refractivity contribution is 0.458. The molecule has 0 saturated heterocycles. The first-order valence-corrected chi connectivity index (χ1v) is 7.33. The largest absolute Gasteiger partial charge is 0.341 e. The fraction of sp³-hybridized carbons (Fsp3) is 0.714. The lowest BCUT2D eigenvalue weighted by Gasteiger charge is -2.23. The third kappa shape index (κ3) is 4.15. The Bertz CT molecular complexity index is 397. The lowest BCUT2D eigenvalue weighted by Crippen LogP contribution is -2.33. The smallest absolute Gasteiger partial charge is 0.228 e. The molecule has 0 radical (unpaired) electrons. The second-order valence-corrected chi connectivity index (χ2v) is 4.49. The van der Waals surface area contributed by atoms with Crippen LogP contribution in [-0.2, 0) is 0 Å². The van der Waals surface area contributed by atoms with E-state index in [1.807, 2.05) is 13.8 Å². The molecule has 0 unspecified atom stereocenters. The van der Waals surface area contributed by atoms with Gasteiger partial charge in [0.25, 0.3) is 0 Å². The summed E-state index contributed by atoms with van der Waals surface area (Å²) in [4.78, 5) is 22.3. The molecular formula is C14H26N6. The number of aliphatic imine (C=N–C) groups is 4. The van der Waals surface area contributed by atoms with Crippen molar-refractivity contribution < 1.29 is 0 Å². The van der Waals surface area contributed by atoms with Crippen molar-refractivity contribution in [2.75, 3.05) is 26.2 Å². The highest BCUT2D eigenvalue weighted by atomic mass is 15.3. The first-order chi connectivity index (χ1) is 9.55. The molecule has 0 saturated carbocycles. The highest BCUT2D eigenvalue weighted by Gasteiger charge is 2.13. The maximum atomic E-state index is 4.53. The molecule has 0 amide bonds. The number of hydrogen-bond donors (Lipinski definition) is 0. The number of amidine groups is 2. The standard InChI is InChI=1S/C14H26N6/c1-7-19(8-2)13-15-11(5)17-14(18-12(6)16-13)20(9-3)10-4/h7-10H2,1-6H3. The van der Waals surface area contributed by atoms with Crippen molar-refractivity contribution in [1.82, 2.24) is 9.80 Å². The molecule has 0 fully saturated rings. The Labute approximate surface area is 122 Å². The molecule has 6 nitrogen and oxygen atoms in total. The van der Waals surface area contributed by atoms with E-state index in [9.17, 15) is 0 Å². The highest BCUT2D eigenvalue weighted by Crippen LogP contribution is 2.04. The molecule has 1 aliphatic rings. The van der Waals surface area contributed by atoms with Crippen LogP contribution in [0.5, 0.6) is 0 Å². The maximum absolute atomic E-state index is 4.53. The summed E-state index contributed by atoms with van der Waals surface area (Å²) >= 11 is 0. The summed E-state index contributed by atoms with van der Waals surface area (Å²) in [6.45, 7) is 15.6. The van der Waals surface area contributed by atoms with Gasteiger partial charge in [0.1, 0.15) is 11.7 Å². The zero-order valence-electron chi connectivity index (χ0n) is 13.5. The highest BCUT2D eigenvalue weighted by molar-refractivity contribution is 6.09. The van der Waals surface area contributed by atoms with Crippen molar-refractivity contribution >= 4 is 23.6 Å². The summed E-state index contributed by atoms with van der Waals surface area (Å²) in [5.74, 6) is 2.76. The maximum Gasteiger partial charge on any atom is 0.228 e. The summed E-state index contributed by atoms with van der Waals surface area (Å²) in [5, 5.41) is 0. The fourth-order valence-electron chi connectivity index (χ4n) is 1.97. The second kappa shape index (κ2) is 7.77. The van der Waals surface area contributed by atoms with E-state index in [1.54, 1.807) is 0 Å². The van der Waals surface area contributed by atoms with Crippen LogP contribution in [0.25, 0.3) is 0 Å². The van der Waals surface area contributed by atoms with Crippen LogP contribution in [0, 0.1) is 0 Å². The molecule has 0 aliphatic carbocycles. The molecular weight excluding hydrogens is 252 g/mol. The predicted octanol–water partition coefficient (Wildman–Crippen LogP) is 2.23. The normalized spacial score (nSPS) is 15.5. The SMILES string of the molecule is CCN(CC)C1=NC(C)=NC(N(CC)CC)=NC(C)=N1. The van der Waals surface area contributed by atoms with Gasteiger partial charge in [-0.05, 0) is 41.5 Å². The van der Waals surface area contributed by atoms with Gasteiger partial charge < -0.3 is 9.80 Å². The van der Waals surface area contributed by atoms with Crippen LogP contribution >= 0.6 is 0 Å². The number of guanidine groups is 2. The van der Waals surface area contributed by atoms with Crippen LogP contribution in [-0.4, -0.2) is 59.6 Å². The lowest BCUT2D eigenvalue weighted by atomic mass is 10.5. The third-order valence-electron chi connectivity index (χ3n) is 3.14. The van der Waals surface area contributed by atoms with E-state index in [-0.39, 0.29) is 0 Å². The first kappa shape index (κ1) is 16.3. The third-order valence-corrected chi connectivity index (χ3v) is 3.14. The average Bonchev–Trinajstić information content (AvgIpc) is 2.39. The van der Waals surface area contributed by atoms with Gasteiger partial charge in [0.05, 0.1) is 0 Å². The van der Waals surface area contributed by atoms with Gasteiger partial charge in [0, 0.05) is 26.2 Å². The van der Waals surface area contributed by atoms with E-state index in [0.717, 1.165) is 26.2 Å². The van der Waals surface area contributed by atoms with Crippen LogP contribution in [0.3, 0.4) is 0 Å². The number of nitrogens with zero attached hydrogens (tertiary/aromatic N) is 6. The Hall–Kier alpha value is -1.72. The van der Waals surface area contributed by atoms with Gasteiger partial charge in [-0.2, -0.15) is 20.0 Å². The molecule has 20 heavy (non-hydrogen) atoms. The Balaban J connectivity index is 3.15. The van der Waals surface area contributed by atoms with Crippen molar-refractivity contribution in [2.24, 2.45) is 20.0 Å². The van der Waals surface area contributed by atoms with Crippen molar-refractivity contribution in [3.63, 3.8) is 0 Å². The van der Waals surface area contributed by atoms with E-state index in [4.69, 9.17) is 0 Å². The summed E-state index contributed by atoms with van der Waals surface area (Å²) < 4.78 is 0. The molecule has 0 aromatic carbocycles. The molecule has 0 bridgehead atoms. The zero-order valence-corrected chi connectivity index (χ0v) is 13.5. The van der Waals surface area contributed by atoms with E-state index < -0.39 is 0 Å². The van der Waals surface area contributed by atoms with Crippen LogP contribution in [0.15, 0.2) is 20.0 Å². The minimum atomic E-state index is 0.689. The van der Waals surface area contributed by atoms with Gasteiger partial charge in [0.15, 0.2) is 0 Å². The molecule has 112 valence electrons. The van der Waals surface area contributed by atoms with Gasteiger partial charge in [-0.1, -0.05) is 0 Å². The molecule has 6 heteroatoms. The quantitative estimate of drug-likeness (QED) is 0.792. The monoisotopic (exact) mass is 278 g/mol. The summed E-state index contributed by atoms with van der Waals surface area (Å²) in [6.07, 6.45) is 0. The Morgan fingerprint density at radius 3 is 1.15 bits per heavy atom. The Kier molecular flexibility index (Phi) is 6.35. The van der Waals surface area contributed by atoms with Gasteiger partial charge in [-0.25, -0.2) is 0 Å². The Morgan fingerprint density at radius 1 is 0.600 bits per heavy atom. The zero-order chi connectivity index (χ0) is 15.1. The van der Waals surface area contributed by atoms with E-state index in [1.165, 1.54) is 0 Å². The van der Waals surface area contributed by atoms with Crippen molar-refractivity contribution in [3.8, 4) is 0 Å². The minimum absolute atomic E-state index is 0.689. The topological polar surface area (TPSA) is 55.9 Å². The number of rotatable bonds is 4. The second-order valence-electron chi connectivity index (χ2n) is 4.49. The van der Waals surface area contributed by atoms with Crippen molar-refractivity contribution in [3.05, 3.63) is 0 Å². The molecule has 0 aromatic heterocycles.